The minimum atomic E-state index is -0.606. The second kappa shape index (κ2) is 9.94. The molecule has 178 valence electrons. The molecule has 0 radical (unpaired) electrons. The summed E-state index contributed by atoms with van der Waals surface area (Å²) in [7, 11) is 0. The standard InChI is InChI=1S/C27H35FN2O3/c1-7-23(25(31)29-17(2)3)33-21-13-10-18-14-15-30(26(32)27(4,5)6)24(22(18)16-21)19-8-11-20(28)12-9-19/h8-13,16-17,23-24H,7,14-15H2,1-6H3,(H,29,31)/t23-,24-/m1/s1. The third-order valence-electron chi connectivity index (χ3n) is 5.81. The van der Waals surface area contributed by atoms with Crippen molar-refractivity contribution in [2.24, 2.45) is 5.41 Å². The van der Waals surface area contributed by atoms with Gasteiger partial charge in [-0.2, -0.15) is 0 Å². The van der Waals surface area contributed by atoms with E-state index >= 15 is 0 Å². The molecule has 1 aliphatic heterocycles. The highest BCUT2D eigenvalue weighted by Crippen LogP contribution is 2.39. The van der Waals surface area contributed by atoms with Crippen LogP contribution < -0.4 is 10.1 Å². The molecule has 0 saturated carbocycles. The molecule has 0 aliphatic carbocycles. The molecule has 2 atom stereocenters. The monoisotopic (exact) mass is 454 g/mol. The normalized spacial score (nSPS) is 16.8. The van der Waals surface area contributed by atoms with Gasteiger partial charge in [0, 0.05) is 18.0 Å². The average molecular weight is 455 g/mol. The predicted molar refractivity (Wildman–Crippen MR) is 128 cm³/mol. The first-order chi connectivity index (χ1) is 15.5. The number of hydrogen-bond donors (Lipinski definition) is 1. The van der Waals surface area contributed by atoms with Gasteiger partial charge in [0.1, 0.15) is 11.6 Å². The van der Waals surface area contributed by atoms with Crippen molar-refractivity contribution in [1.82, 2.24) is 10.2 Å². The van der Waals surface area contributed by atoms with E-state index in [0.717, 1.165) is 23.1 Å². The van der Waals surface area contributed by atoms with Gasteiger partial charge in [0.05, 0.1) is 6.04 Å². The van der Waals surface area contributed by atoms with Crippen molar-refractivity contribution < 1.29 is 18.7 Å². The number of hydrogen-bond acceptors (Lipinski definition) is 3. The summed E-state index contributed by atoms with van der Waals surface area (Å²) in [6.45, 7) is 12.0. The highest BCUT2D eigenvalue weighted by molar-refractivity contribution is 5.83. The summed E-state index contributed by atoms with van der Waals surface area (Å²) in [4.78, 5) is 27.7. The molecular formula is C27H35FN2O3. The number of ether oxygens (including phenoxy) is 1. The van der Waals surface area contributed by atoms with E-state index in [2.05, 4.69) is 5.32 Å². The molecule has 1 N–H and O–H groups in total. The maximum absolute atomic E-state index is 13.7. The summed E-state index contributed by atoms with van der Waals surface area (Å²) in [5, 5.41) is 2.90. The van der Waals surface area contributed by atoms with E-state index in [0.29, 0.717) is 18.7 Å². The van der Waals surface area contributed by atoms with Gasteiger partial charge in [-0.05, 0) is 67.6 Å². The average Bonchev–Trinajstić information content (AvgIpc) is 2.75. The Bertz CT molecular complexity index is 995. The lowest BCUT2D eigenvalue weighted by atomic mass is 9.85. The Labute approximate surface area is 196 Å². The first-order valence-corrected chi connectivity index (χ1v) is 11.7. The number of carbonyl (C=O) groups is 2. The molecule has 2 amide bonds. The van der Waals surface area contributed by atoms with Crippen LogP contribution in [0.2, 0.25) is 0 Å². The van der Waals surface area contributed by atoms with Gasteiger partial charge in [-0.1, -0.05) is 45.9 Å². The lowest BCUT2D eigenvalue weighted by molar-refractivity contribution is -0.141. The Morgan fingerprint density at radius 2 is 1.82 bits per heavy atom. The number of benzene rings is 2. The number of rotatable bonds is 6. The minimum Gasteiger partial charge on any atom is -0.481 e. The van der Waals surface area contributed by atoms with Gasteiger partial charge in [0.2, 0.25) is 5.91 Å². The van der Waals surface area contributed by atoms with E-state index in [4.69, 9.17) is 4.74 Å². The lowest BCUT2D eigenvalue weighted by Gasteiger charge is -2.41. The number of fused-ring (bicyclic) bond motifs is 1. The van der Waals surface area contributed by atoms with Crippen LogP contribution in [-0.4, -0.2) is 35.4 Å². The molecule has 33 heavy (non-hydrogen) atoms. The van der Waals surface area contributed by atoms with E-state index < -0.39 is 11.5 Å². The van der Waals surface area contributed by atoms with Crippen molar-refractivity contribution in [2.75, 3.05) is 6.54 Å². The molecule has 0 saturated heterocycles. The zero-order valence-corrected chi connectivity index (χ0v) is 20.4. The number of nitrogens with one attached hydrogen (secondary N) is 1. The van der Waals surface area contributed by atoms with Crippen LogP contribution in [0, 0.1) is 11.2 Å². The fraction of sp³-hybridized carbons (Fsp3) is 0.481. The van der Waals surface area contributed by atoms with Crippen molar-refractivity contribution in [3.05, 3.63) is 65.0 Å². The van der Waals surface area contributed by atoms with Crippen LogP contribution in [-0.2, 0) is 16.0 Å². The third kappa shape index (κ3) is 5.73. The van der Waals surface area contributed by atoms with Gasteiger partial charge in [-0.25, -0.2) is 4.39 Å². The molecule has 0 bridgehead atoms. The lowest BCUT2D eigenvalue weighted by Crippen LogP contribution is -2.45. The van der Waals surface area contributed by atoms with Crippen LogP contribution in [0.1, 0.15) is 70.7 Å². The van der Waals surface area contributed by atoms with Gasteiger partial charge in [0.25, 0.3) is 5.91 Å². The zero-order valence-electron chi connectivity index (χ0n) is 20.4. The maximum Gasteiger partial charge on any atom is 0.261 e. The molecule has 3 rings (SSSR count). The fourth-order valence-electron chi connectivity index (χ4n) is 4.18. The van der Waals surface area contributed by atoms with Crippen molar-refractivity contribution in [3.8, 4) is 5.75 Å². The van der Waals surface area contributed by atoms with E-state index in [9.17, 15) is 14.0 Å². The van der Waals surface area contributed by atoms with Crippen molar-refractivity contribution in [3.63, 3.8) is 0 Å². The summed E-state index contributed by atoms with van der Waals surface area (Å²) in [5.41, 5.74) is 2.36. The summed E-state index contributed by atoms with van der Waals surface area (Å²) in [5.74, 6) is 0.153. The van der Waals surface area contributed by atoms with Crippen LogP contribution >= 0.6 is 0 Å². The smallest absolute Gasteiger partial charge is 0.261 e. The quantitative estimate of drug-likeness (QED) is 0.666. The first kappa shape index (κ1) is 24.7. The number of carbonyl (C=O) groups excluding carboxylic acids is 2. The minimum absolute atomic E-state index is 0.0264. The Balaban J connectivity index is 2.01. The molecule has 0 fully saturated rings. The second-order valence-electron chi connectivity index (χ2n) is 9.99. The molecular weight excluding hydrogens is 419 g/mol. The van der Waals surface area contributed by atoms with Crippen molar-refractivity contribution in [2.45, 2.75) is 72.6 Å². The molecule has 5 nitrogen and oxygen atoms in total. The number of amides is 2. The van der Waals surface area contributed by atoms with Gasteiger partial charge in [-0.3, -0.25) is 9.59 Å². The van der Waals surface area contributed by atoms with Crippen molar-refractivity contribution >= 4 is 11.8 Å². The number of nitrogens with zero attached hydrogens (tertiary/aromatic N) is 1. The molecule has 2 aromatic carbocycles. The largest absolute Gasteiger partial charge is 0.481 e. The first-order valence-electron chi connectivity index (χ1n) is 11.7. The Hall–Kier alpha value is -2.89. The molecule has 2 aromatic rings. The molecule has 0 aromatic heterocycles. The molecule has 1 heterocycles. The van der Waals surface area contributed by atoms with E-state index in [1.54, 1.807) is 12.1 Å². The van der Waals surface area contributed by atoms with E-state index in [-0.39, 0.29) is 29.7 Å². The highest BCUT2D eigenvalue weighted by Gasteiger charge is 2.37. The Morgan fingerprint density at radius 1 is 1.15 bits per heavy atom. The third-order valence-corrected chi connectivity index (χ3v) is 5.81. The van der Waals surface area contributed by atoms with Gasteiger partial charge >= 0.3 is 0 Å². The topological polar surface area (TPSA) is 58.6 Å². The van der Waals surface area contributed by atoms with E-state index in [1.807, 2.05) is 64.6 Å². The van der Waals surface area contributed by atoms with Crippen LogP contribution in [0.25, 0.3) is 0 Å². The van der Waals surface area contributed by atoms with Gasteiger partial charge in [-0.15, -0.1) is 0 Å². The van der Waals surface area contributed by atoms with Gasteiger partial charge in [0.15, 0.2) is 6.10 Å². The summed E-state index contributed by atoms with van der Waals surface area (Å²) in [6.07, 6.45) is 0.650. The molecule has 6 heteroatoms. The van der Waals surface area contributed by atoms with Crippen LogP contribution in [0.5, 0.6) is 5.75 Å². The van der Waals surface area contributed by atoms with Crippen LogP contribution in [0.4, 0.5) is 4.39 Å². The second-order valence-corrected chi connectivity index (χ2v) is 9.99. The van der Waals surface area contributed by atoms with Crippen molar-refractivity contribution in [1.29, 1.82) is 0 Å². The zero-order chi connectivity index (χ0) is 24.3. The summed E-state index contributed by atoms with van der Waals surface area (Å²) in [6, 6.07) is 11.8. The maximum atomic E-state index is 13.7. The number of halogens is 1. The Morgan fingerprint density at radius 3 is 2.39 bits per heavy atom. The highest BCUT2D eigenvalue weighted by atomic mass is 19.1. The SMILES string of the molecule is CC[C@@H](Oc1ccc2c(c1)[C@@H](c1ccc(F)cc1)N(C(=O)C(C)(C)C)CC2)C(=O)NC(C)C. The molecule has 0 unspecified atom stereocenters. The Kier molecular flexibility index (Phi) is 7.45. The summed E-state index contributed by atoms with van der Waals surface area (Å²) < 4.78 is 19.8. The predicted octanol–water partition coefficient (Wildman–Crippen LogP) is 5.03. The molecule has 0 spiro atoms. The van der Waals surface area contributed by atoms with Crippen LogP contribution in [0.3, 0.4) is 0 Å². The van der Waals surface area contributed by atoms with Gasteiger partial charge < -0.3 is 15.0 Å². The summed E-state index contributed by atoms with van der Waals surface area (Å²) >= 11 is 0. The van der Waals surface area contributed by atoms with E-state index in [1.165, 1.54) is 12.1 Å². The fourth-order valence-corrected chi connectivity index (χ4v) is 4.18. The molecule has 1 aliphatic rings. The van der Waals surface area contributed by atoms with Crippen LogP contribution in [0.15, 0.2) is 42.5 Å².